The van der Waals surface area contributed by atoms with E-state index in [-0.39, 0.29) is 17.9 Å². The molecule has 0 aliphatic carbocycles. The summed E-state index contributed by atoms with van der Waals surface area (Å²) in [7, 11) is 0. The molecule has 3 N–H and O–H groups in total. The third-order valence-electron chi connectivity index (χ3n) is 3.79. The van der Waals surface area contributed by atoms with E-state index in [1.165, 1.54) is 0 Å². The number of carbonyl (C=O) groups excluding carboxylic acids is 1. The highest BCUT2D eigenvalue weighted by molar-refractivity contribution is 5.82. The van der Waals surface area contributed by atoms with Crippen molar-refractivity contribution >= 4 is 5.91 Å². The Kier molecular flexibility index (Phi) is 6.73. The Labute approximate surface area is 122 Å². The lowest BCUT2D eigenvalue weighted by Gasteiger charge is -2.25. The number of nitrogens with two attached hydrogens (primary N) is 1. The van der Waals surface area contributed by atoms with Gasteiger partial charge >= 0.3 is 0 Å². The van der Waals surface area contributed by atoms with Crippen molar-refractivity contribution in [2.45, 2.75) is 52.6 Å². The van der Waals surface area contributed by atoms with E-state index in [4.69, 9.17) is 5.73 Å². The molecular weight excluding hydrogens is 248 g/mol. The maximum Gasteiger partial charge on any atom is 0.237 e. The van der Waals surface area contributed by atoms with Gasteiger partial charge in [0.1, 0.15) is 0 Å². The molecule has 3 nitrogen and oxygen atoms in total. The van der Waals surface area contributed by atoms with Crippen LogP contribution in [0.3, 0.4) is 0 Å². The molecule has 112 valence electrons. The van der Waals surface area contributed by atoms with Gasteiger partial charge in [-0.25, -0.2) is 0 Å². The van der Waals surface area contributed by atoms with Gasteiger partial charge in [-0.3, -0.25) is 4.79 Å². The van der Waals surface area contributed by atoms with Crippen LogP contribution < -0.4 is 11.1 Å². The summed E-state index contributed by atoms with van der Waals surface area (Å²) in [5.41, 5.74) is 7.16. The molecule has 0 aliphatic heterocycles. The molecule has 0 bridgehead atoms. The monoisotopic (exact) mass is 276 g/mol. The van der Waals surface area contributed by atoms with E-state index in [9.17, 15) is 4.79 Å². The standard InChI is InChI=1S/C17H28N2O/c1-5-13(4)16(18)17(20)19-15(11-12(2)3)14-9-7-6-8-10-14/h6-10,12-13,15-16H,5,11,18H2,1-4H3,(H,19,20)/t13-,15?,16-/m0/s1. The molecule has 3 heteroatoms. The van der Waals surface area contributed by atoms with E-state index in [0.29, 0.717) is 5.92 Å². The van der Waals surface area contributed by atoms with Crippen LogP contribution in [0.2, 0.25) is 0 Å². The predicted molar refractivity (Wildman–Crippen MR) is 84.2 cm³/mol. The summed E-state index contributed by atoms with van der Waals surface area (Å²) in [6.45, 7) is 8.40. The molecule has 0 saturated carbocycles. The Bertz CT molecular complexity index is 403. The maximum absolute atomic E-state index is 12.3. The van der Waals surface area contributed by atoms with Crippen molar-refractivity contribution in [3.63, 3.8) is 0 Å². The minimum Gasteiger partial charge on any atom is -0.348 e. The summed E-state index contributed by atoms with van der Waals surface area (Å²) in [6, 6.07) is 9.72. The first-order valence-corrected chi connectivity index (χ1v) is 7.56. The van der Waals surface area contributed by atoms with Gasteiger partial charge in [0.15, 0.2) is 0 Å². The fraction of sp³-hybridized carbons (Fsp3) is 0.588. The van der Waals surface area contributed by atoms with Crippen LogP contribution in [0.1, 0.15) is 52.1 Å². The molecule has 0 heterocycles. The Morgan fingerprint density at radius 1 is 1.20 bits per heavy atom. The third kappa shape index (κ3) is 4.97. The first-order chi connectivity index (χ1) is 9.45. The van der Waals surface area contributed by atoms with Crippen LogP contribution in [0.4, 0.5) is 0 Å². The highest BCUT2D eigenvalue weighted by Crippen LogP contribution is 2.21. The van der Waals surface area contributed by atoms with Gasteiger partial charge < -0.3 is 11.1 Å². The highest BCUT2D eigenvalue weighted by Gasteiger charge is 2.23. The molecule has 3 atom stereocenters. The molecular formula is C17H28N2O. The minimum atomic E-state index is -0.432. The Hall–Kier alpha value is -1.35. The quantitative estimate of drug-likeness (QED) is 0.803. The summed E-state index contributed by atoms with van der Waals surface area (Å²) < 4.78 is 0. The van der Waals surface area contributed by atoms with Gasteiger partial charge in [0.2, 0.25) is 5.91 Å². The molecule has 1 amide bonds. The Morgan fingerprint density at radius 2 is 1.80 bits per heavy atom. The average Bonchev–Trinajstić information content (AvgIpc) is 2.45. The Morgan fingerprint density at radius 3 is 2.30 bits per heavy atom. The zero-order valence-electron chi connectivity index (χ0n) is 13.1. The van der Waals surface area contributed by atoms with E-state index < -0.39 is 6.04 Å². The number of nitrogens with one attached hydrogen (secondary N) is 1. The van der Waals surface area contributed by atoms with Crippen molar-refractivity contribution in [1.82, 2.24) is 5.32 Å². The van der Waals surface area contributed by atoms with Crippen LogP contribution in [-0.4, -0.2) is 11.9 Å². The summed E-state index contributed by atoms with van der Waals surface area (Å²) in [6.07, 6.45) is 1.83. The molecule has 0 saturated heterocycles. The molecule has 1 unspecified atom stereocenters. The zero-order valence-corrected chi connectivity index (χ0v) is 13.1. The molecule has 1 aromatic rings. The number of rotatable bonds is 7. The van der Waals surface area contributed by atoms with Gasteiger partial charge in [0.05, 0.1) is 12.1 Å². The normalized spacial score (nSPS) is 15.7. The number of amides is 1. The zero-order chi connectivity index (χ0) is 15.1. The topological polar surface area (TPSA) is 55.1 Å². The van der Waals surface area contributed by atoms with Crippen molar-refractivity contribution < 1.29 is 4.79 Å². The molecule has 1 rings (SSSR count). The maximum atomic E-state index is 12.3. The lowest BCUT2D eigenvalue weighted by Crippen LogP contribution is -2.46. The second-order valence-corrected chi connectivity index (χ2v) is 6.01. The summed E-state index contributed by atoms with van der Waals surface area (Å²) in [5, 5.41) is 3.12. The SMILES string of the molecule is CC[C@H](C)[C@H](N)C(=O)NC(CC(C)C)c1ccccc1. The fourth-order valence-electron chi connectivity index (χ4n) is 2.22. The first kappa shape index (κ1) is 16.7. The van der Waals surface area contributed by atoms with E-state index in [0.717, 1.165) is 18.4 Å². The predicted octanol–water partition coefficient (Wildman–Crippen LogP) is 3.26. The van der Waals surface area contributed by atoms with Crippen molar-refractivity contribution in [1.29, 1.82) is 0 Å². The van der Waals surface area contributed by atoms with Crippen LogP contribution in [0.5, 0.6) is 0 Å². The highest BCUT2D eigenvalue weighted by atomic mass is 16.2. The molecule has 0 aromatic heterocycles. The lowest BCUT2D eigenvalue weighted by atomic mass is 9.95. The van der Waals surface area contributed by atoms with Gasteiger partial charge in [-0.1, -0.05) is 64.4 Å². The van der Waals surface area contributed by atoms with Crippen LogP contribution in [0, 0.1) is 11.8 Å². The van der Waals surface area contributed by atoms with Crippen molar-refractivity contribution in [3.8, 4) is 0 Å². The fourth-order valence-corrected chi connectivity index (χ4v) is 2.22. The number of carbonyl (C=O) groups is 1. The van der Waals surface area contributed by atoms with Crippen LogP contribution in [0.25, 0.3) is 0 Å². The summed E-state index contributed by atoms with van der Waals surface area (Å²) >= 11 is 0. The number of hydrogen-bond donors (Lipinski definition) is 2. The van der Waals surface area contributed by atoms with Crippen molar-refractivity contribution in [3.05, 3.63) is 35.9 Å². The van der Waals surface area contributed by atoms with Gasteiger partial charge in [0.25, 0.3) is 0 Å². The van der Waals surface area contributed by atoms with E-state index >= 15 is 0 Å². The van der Waals surface area contributed by atoms with Gasteiger partial charge in [0, 0.05) is 0 Å². The molecule has 1 aromatic carbocycles. The van der Waals surface area contributed by atoms with Gasteiger partial charge in [-0.15, -0.1) is 0 Å². The molecule has 0 fully saturated rings. The van der Waals surface area contributed by atoms with Crippen LogP contribution in [-0.2, 0) is 4.79 Å². The third-order valence-corrected chi connectivity index (χ3v) is 3.79. The Balaban J connectivity index is 2.78. The van der Waals surface area contributed by atoms with E-state index in [1.807, 2.05) is 25.1 Å². The lowest BCUT2D eigenvalue weighted by molar-refractivity contribution is -0.124. The van der Waals surface area contributed by atoms with Gasteiger partial charge in [-0.05, 0) is 23.8 Å². The van der Waals surface area contributed by atoms with E-state index in [2.05, 4.69) is 38.2 Å². The molecule has 0 spiro atoms. The molecule has 0 aliphatic rings. The number of hydrogen-bond acceptors (Lipinski definition) is 2. The molecule has 20 heavy (non-hydrogen) atoms. The van der Waals surface area contributed by atoms with Gasteiger partial charge in [-0.2, -0.15) is 0 Å². The van der Waals surface area contributed by atoms with Crippen LogP contribution in [0.15, 0.2) is 30.3 Å². The average molecular weight is 276 g/mol. The molecule has 0 radical (unpaired) electrons. The minimum absolute atomic E-state index is 0.0406. The second-order valence-electron chi connectivity index (χ2n) is 6.01. The number of benzene rings is 1. The first-order valence-electron chi connectivity index (χ1n) is 7.56. The van der Waals surface area contributed by atoms with Crippen LogP contribution >= 0.6 is 0 Å². The largest absolute Gasteiger partial charge is 0.348 e. The summed E-state index contributed by atoms with van der Waals surface area (Å²) in [5.74, 6) is 0.666. The smallest absolute Gasteiger partial charge is 0.237 e. The van der Waals surface area contributed by atoms with E-state index in [1.54, 1.807) is 0 Å². The van der Waals surface area contributed by atoms with Crippen molar-refractivity contribution in [2.75, 3.05) is 0 Å². The summed E-state index contributed by atoms with van der Waals surface area (Å²) in [4.78, 5) is 12.3. The van der Waals surface area contributed by atoms with Crippen molar-refractivity contribution in [2.24, 2.45) is 17.6 Å². The second kappa shape index (κ2) is 8.05.